The molecule has 0 spiro atoms. The lowest BCUT2D eigenvalue weighted by molar-refractivity contribution is -0.00602. The molecule has 0 unspecified atom stereocenters. The number of nitrogens with one attached hydrogen (secondary N) is 1. The van der Waals surface area contributed by atoms with Crippen molar-refractivity contribution in [3.8, 4) is 0 Å². The number of rotatable bonds is 9. The van der Waals surface area contributed by atoms with Gasteiger partial charge in [-0.05, 0) is 68.6 Å². The molecule has 4 aliphatic rings. The van der Waals surface area contributed by atoms with E-state index in [0.29, 0.717) is 5.41 Å². The number of hydrogen-bond acceptors (Lipinski definition) is 3. The zero-order valence-corrected chi connectivity index (χ0v) is 13.5. The molecule has 4 fully saturated rings. The molecular formula is C18H32N2O. The highest BCUT2D eigenvalue weighted by molar-refractivity contribution is 4.93. The van der Waals surface area contributed by atoms with Crippen LogP contribution in [-0.4, -0.2) is 50.3 Å². The highest BCUT2D eigenvalue weighted by Crippen LogP contribution is 2.37. The van der Waals surface area contributed by atoms with Gasteiger partial charge in [0.1, 0.15) is 0 Å². The van der Waals surface area contributed by atoms with Crippen LogP contribution in [0.1, 0.15) is 51.4 Å². The van der Waals surface area contributed by atoms with E-state index in [0.717, 1.165) is 31.1 Å². The minimum atomic E-state index is 0.491. The van der Waals surface area contributed by atoms with Gasteiger partial charge in [0, 0.05) is 45.4 Å². The smallest absolute Gasteiger partial charge is 0.0472 e. The van der Waals surface area contributed by atoms with E-state index < -0.39 is 0 Å². The van der Waals surface area contributed by atoms with Crippen molar-refractivity contribution in [3.63, 3.8) is 0 Å². The van der Waals surface area contributed by atoms with Crippen molar-refractivity contribution in [1.29, 1.82) is 0 Å². The summed E-state index contributed by atoms with van der Waals surface area (Å²) >= 11 is 0. The summed E-state index contributed by atoms with van der Waals surface area (Å²) in [5, 5.41) is 3.83. The topological polar surface area (TPSA) is 24.5 Å². The third kappa shape index (κ3) is 4.43. The third-order valence-electron chi connectivity index (χ3n) is 5.88. The summed E-state index contributed by atoms with van der Waals surface area (Å²) in [5.41, 5.74) is 0.491. The van der Waals surface area contributed by atoms with Gasteiger partial charge in [0.15, 0.2) is 0 Å². The van der Waals surface area contributed by atoms with Crippen LogP contribution in [-0.2, 0) is 4.74 Å². The Kier molecular flexibility index (Phi) is 4.25. The fraction of sp³-hybridized carbons (Fsp3) is 1.00. The van der Waals surface area contributed by atoms with Gasteiger partial charge in [0.25, 0.3) is 0 Å². The molecule has 1 N–H and O–H groups in total. The molecule has 120 valence electrons. The van der Waals surface area contributed by atoms with Crippen LogP contribution in [0, 0.1) is 17.3 Å². The number of nitrogens with zero attached hydrogens (tertiary/aromatic N) is 1. The highest BCUT2D eigenvalue weighted by Gasteiger charge is 2.38. The Morgan fingerprint density at radius 2 is 1.52 bits per heavy atom. The predicted molar refractivity (Wildman–Crippen MR) is 85.4 cm³/mol. The molecule has 0 radical (unpaired) electrons. The van der Waals surface area contributed by atoms with Gasteiger partial charge >= 0.3 is 0 Å². The molecule has 1 aliphatic heterocycles. The summed E-state index contributed by atoms with van der Waals surface area (Å²) in [7, 11) is 0. The maximum Gasteiger partial charge on any atom is 0.0472 e. The minimum absolute atomic E-state index is 0.491. The van der Waals surface area contributed by atoms with Crippen molar-refractivity contribution < 1.29 is 4.74 Å². The maximum absolute atomic E-state index is 5.67. The van der Waals surface area contributed by atoms with Gasteiger partial charge in [-0.2, -0.15) is 0 Å². The van der Waals surface area contributed by atoms with Crippen LogP contribution < -0.4 is 5.32 Å². The lowest BCUT2D eigenvalue weighted by Gasteiger charge is -2.41. The van der Waals surface area contributed by atoms with Crippen LogP contribution in [0.3, 0.4) is 0 Å². The molecule has 1 heterocycles. The Balaban J connectivity index is 1.36. The molecule has 0 aromatic carbocycles. The van der Waals surface area contributed by atoms with Crippen molar-refractivity contribution in [2.75, 3.05) is 39.4 Å². The Morgan fingerprint density at radius 3 is 2.05 bits per heavy atom. The van der Waals surface area contributed by atoms with Crippen molar-refractivity contribution in [1.82, 2.24) is 10.2 Å². The molecule has 0 aromatic rings. The van der Waals surface area contributed by atoms with Gasteiger partial charge < -0.3 is 15.0 Å². The second-order valence-corrected chi connectivity index (χ2v) is 8.35. The van der Waals surface area contributed by atoms with E-state index >= 15 is 0 Å². The van der Waals surface area contributed by atoms with Crippen molar-refractivity contribution in [2.45, 2.75) is 57.4 Å². The van der Waals surface area contributed by atoms with Gasteiger partial charge in [0.2, 0.25) is 0 Å². The van der Waals surface area contributed by atoms with E-state index in [1.165, 1.54) is 77.5 Å². The predicted octanol–water partition coefficient (Wildman–Crippen LogP) is 2.66. The monoisotopic (exact) mass is 292 g/mol. The first-order chi connectivity index (χ1) is 10.3. The minimum Gasteiger partial charge on any atom is -0.381 e. The lowest BCUT2D eigenvalue weighted by atomic mass is 9.79. The van der Waals surface area contributed by atoms with Gasteiger partial charge in [-0.3, -0.25) is 0 Å². The molecule has 3 heteroatoms. The van der Waals surface area contributed by atoms with Gasteiger partial charge in [-0.15, -0.1) is 0 Å². The summed E-state index contributed by atoms with van der Waals surface area (Å²) in [5.74, 6) is 2.05. The van der Waals surface area contributed by atoms with Gasteiger partial charge in [0.05, 0.1) is 0 Å². The summed E-state index contributed by atoms with van der Waals surface area (Å²) in [6, 6.07) is 0.838. The van der Waals surface area contributed by atoms with Gasteiger partial charge in [-0.1, -0.05) is 0 Å². The molecule has 4 rings (SSSR count). The molecular weight excluding hydrogens is 260 g/mol. The van der Waals surface area contributed by atoms with Crippen LogP contribution in [0.4, 0.5) is 0 Å². The summed E-state index contributed by atoms with van der Waals surface area (Å²) in [4.78, 5) is 2.84. The van der Waals surface area contributed by atoms with Gasteiger partial charge in [-0.25, -0.2) is 0 Å². The Hall–Kier alpha value is -0.120. The molecule has 0 amide bonds. The summed E-state index contributed by atoms with van der Waals surface area (Å²) in [6.45, 7) is 7.26. The first-order valence-corrected chi connectivity index (χ1v) is 9.35. The molecule has 21 heavy (non-hydrogen) atoms. The first-order valence-electron chi connectivity index (χ1n) is 9.35. The summed E-state index contributed by atoms with van der Waals surface area (Å²) < 4.78 is 5.67. The van der Waals surface area contributed by atoms with Crippen molar-refractivity contribution in [3.05, 3.63) is 0 Å². The highest BCUT2D eigenvalue weighted by atomic mass is 16.5. The third-order valence-corrected chi connectivity index (χ3v) is 5.88. The lowest BCUT2D eigenvalue weighted by Crippen LogP contribution is -2.48. The first kappa shape index (κ1) is 14.5. The summed E-state index contributed by atoms with van der Waals surface area (Å²) in [6.07, 6.45) is 11.3. The molecule has 0 aromatic heterocycles. The van der Waals surface area contributed by atoms with E-state index in [2.05, 4.69) is 10.2 Å². The van der Waals surface area contributed by atoms with E-state index in [-0.39, 0.29) is 0 Å². The number of ether oxygens (including phenoxy) is 1. The van der Waals surface area contributed by atoms with E-state index in [1.54, 1.807) is 0 Å². The average Bonchev–Trinajstić information content (AvgIpc) is 3.34. The average molecular weight is 292 g/mol. The largest absolute Gasteiger partial charge is 0.381 e. The number of hydrogen-bond donors (Lipinski definition) is 1. The Labute approximate surface area is 129 Å². The molecule has 0 atom stereocenters. The van der Waals surface area contributed by atoms with Crippen LogP contribution in [0.25, 0.3) is 0 Å². The van der Waals surface area contributed by atoms with Crippen LogP contribution >= 0.6 is 0 Å². The van der Waals surface area contributed by atoms with E-state index in [4.69, 9.17) is 4.74 Å². The van der Waals surface area contributed by atoms with Crippen molar-refractivity contribution in [2.24, 2.45) is 17.3 Å². The quantitative estimate of drug-likeness (QED) is 0.707. The normalized spacial score (nSPS) is 29.0. The molecule has 3 saturated carbocycles. The van der Waals surface area contributed by atoms with Crippen LogP contribution in [0.2, 0.25) is 0 Å². The maximum atomic E-state index is 5.67. The second kappa shape index (κ2) is 6.17. The van der Waals surface area contributed by atoms with Crippen LogP contribution in [0.5, 0.6) is 0 Å². The zero-order chi connectivity index (χ0) is 14.1. The van der Waals surface area contributed by atoms with Crippen molar-refractivity contribution >= 4 is 0 Å². The Bertz CT molecular complexity index is 327. The molecule has 1 saturated heterocycles. The fourth-order valence-corrected chi connectivity index (χ4v) is 3.85. The van der Waals surface area contributed by atoms with E-state index in [9.17, 15) is 0 Å². The zero-order valence-electron chi connectivity index (χ0n) is 13.5. The Morgan fingerprint density at radius 1 is 0.905 bits per heavy atom. The molecule has 3 nitrogen and oxygen atoms in total. The molecule has 0 bridgehead atoms. The fourth-order valence-electron chi connectivity index (χ4n) is 3.85. The SMILES string of the molecule is C1CC(CNC2CC2)(CN(CC2CC2)CC2CC2)CCO1. The van der Waals surface area contributed by atoms with E-state index in [1.807, 2.05) is 0 Å². The van der Waals surface area contributed by atoms with Crippen LogP contribution in [0.15, 0.2) is 0 Å². The second-order valence-electron chi connectivity index (χ2n) is 8.35. The standard InChI is InChI=1S/C18H32N2O/c1-2-15(1)11-20(12-16-3-4-16)14-18(7-9-21-10-8-18)13-19-17-5-6-17/h15-17,19H,1-14H2. The molecule has 3 aliphatic carbocycles.